The Morgan fingerprint density at radius 3 is 3.00 bits per heavy atom. The van der Waals surface area contributed by atoms with Crippen LogP contribution in [0.3, 0.4) is 0 Å². The molecule has 0 amide bonds. The summed E-state index contributed by atoms with van der Waals surface area (Å²) < 4.78 is 0. The minimum Gasteiger partial charge on any atom is -0.310 e. The molecule has 2 aromatic rings. The lowest BCUT2D eigenvalue weighted by atomic mass is 10.1. The van der Waals surface area contributed by atoms with Gasteiger partial charge in [0.25, 0.3) is 0 Å². The topological polar surface area (TPSA) is 24.9 Å². The first-order valence-corrected chi connectivity index (χ1v) is 6.40. The van der Waals surface area contributed by atoms with Gasteiger partial charge < -0.3 is 5.32 Å². The molecule has 1 aromatic carbocycles. The Labute approximate surface area is 102 Å². The Morgan fingerprint density at radius 1 is 1.35 bits per heavy atom. The summed E-state index contributed by atoms with van der Waals surface area (Å²) in [6.45, 7) is 3.21. The number of rotatable bonds is 4. The van der Waals surface area contributed by atoms with Gasteiger partial charge >= 0.3 is 0 Å². The molecule has 1 heterocycles. The zero-order valence-corrected chi connectivity index (χ0v) is 10.2. The quantitative estimate of drug-likeness (QED) is 0.866. The number of para-hydroxylation sites is 1. The van der Waals surface area contributed by atoms with Crippen LogP contribution in [0.5, 0.6) is 0 Å². The van der Waals surface area contributed by atoms with Crippen LogP contribution in [0, 0.1) is 5.92 Å². The Hall–Kier alpha value is -1.41. The second kappa shape index (κ2) is 4.46. The highest BCUT2D eigenvalue weighted by Crippen LogP contribution is 2.32. The molecule has 1 aliphatic carbocycles. The van der Waals surface area contributed by atoms with Crippen LogP contribution in [-0.2, 0) is 6.54 Å². The van der Waals surface area contributed by atoms with Crippen molar-refractivity contribution in [3.63, 3.8) is 0 Å². The predicted molar refractivity (Wildman–Crippen MR) is 70.8 cm³/mol. The normalized spacial score (nSPS) is 17.2. The van der Waals surface area contributed by atoms with E-state index >= 15 is 0 Å². The summed E-state index contributed by atoms with van der Waals surface area (Å²) in [7, 11) is 0. The molecule has 1 saturated carbocycles. The van der Waals surface area contributed by atoms with Crippen LogP contribution in [0.4, 0.5) is 0 Å². The molecule has 0 aliphatic heterocycles. The van der Waals surface area contributed by atoms with E-state index in [2.05, 4.69) is 41.5 Å². The minimum atomic E-state index is 0.640. The van der Waals surface area contributed by atoms with Crippen molar-refractivity contribution in [2.24, 2.45) is 5.92 Å². The highest BCUT2D eigenvalue weighted by molar-refractivity contribution is 5.78. The maximum Gasteiger partial charge on any atom is 0.0702 e. The van der Waals surface area contributed by atoms with Crippen molar-refractivity contribution in [3.8, 4) is 0 Å². The molecule has 17 heavy (non-hydrogen) atoms. The average Bonchev–Trinajstić information content (AvgIpc) is 3.20. The molecule has 3 rings (SSSR count). The average molecular weight is 226 g/mol. The van der Waals surface area contributed by atoms with Crippen LogP contribution in [0.2, 0.25) is 0 Å². The van der Waals surface area contributed by atoms with Crippen molar-refractivity contribution in [1.82, 2.24) is 10.3 Å². The molecule has 2 heteroatoms. The molecule has 2 nitrogen and oxygen atoms in total. The van der Waals surface area contributed by atoms with Gasteiger partial charge in [-0.2, -0.15) is 0 Å². The lowest BCUT2D eigenvalue weighted by Crippen LogP contribution is -2.27. The SMILES string of the molecule is CC(NCc1cnc2ccccc2c1)C1CC1. The van der Waals surface area contributed by atoms with Gasteiger partial charge in [-0.05, 0) is 43.4 Å². The van der Waals surface area contributed by atoms with Crippen molar-refractivity contribution in [3.05, 3.63) is 42.1 Å². The highest BCUT2D eigenvalue weighted by Gasteiger charge is 2.27. The van der Waals surface area contributed by atoms with Gasteiger partial charge in [0.15, 0.2) is 0 Å². The van der Waals surface area contributed by atoms with Crippen molar-refractivity contribution >= 4 is 10.9 Å². The van der Waals surface area contributed by atoms with Gasteiger partial charge in [0.2, 0.25) is 0 Å². The van der Waals surface area contributed by atoms with Crippen LogP contribution in [0.15, 0.2) is 36.5 Å². The first-order valence-electron chi connectivity index (χ1n) is 6.40. The lowest BCUT2D eigenvalue weighted by molar-refractivity contribution is 0.496. The van der Waals surface area contributed by atoms with Crippen molar-refractivity contribution < 1.29 is 0 Å². The first-order chi connectivity index (χ1) is 8.33. The number of hydrogen-bond acceptors (Lipinski definition) is 2. The van der Waals surface area contributed by atoms with E-state index in [1.807, 2.05) is 12.3 Å². The van der Waals surface area contributed by atoms with Crippen LogP contribution < -0.4 is 5.32 Å². The number of hydrogen-bond donors (Lipinski definition) is 1. The van der Waals surface area contributed by atoms with Gasteiger partial charge in [0.05, 0.1) is 5.52 Å². The number of nitrogens with one attached hydrogen (secondary N) is 1. The molecule has 0 bridgehead atoms. The first kappa shape index (κ1) is 10.7. The lowest BCUT2D eigenvalue weighted by Gasteiger charge is -2.12. The summed E-state index contributed by atoms with van der Waals surface area (Å²) in [6.07, 6.45) is 4.77. The molecule has 88 valence electrons. The Kier molecular flexibility index (Phi) is 2.81. The van der Waals surface area contributed by atoms with E-state index in [1.54, 1.807) is 0 Å². The summed E-state index contributed by atoms with van der Waals surface area (Å²) in [5, 5.41) is 4.81. The molecular formula is C15H18N2. The Bertz CT molecular complexity index is 517. The van der Waals surface area contributed by atoms with E-state index in [4.69, 9.17) is 0 Å². The largest absolute Gasteiger partial charge is 0.310 e. The monoisotopic (exact) mass is 226 g/mol. The predicted octanol–water partition coefficient (Wildman–Crippen LogP) is 3.12. The van der Waals surface area contributed by atoms with E-state index in [-0.39, 0.29) is 0 Å². The Morgan fingerprint density at radius 2 is 2.18 bits per heavy atom. The highest BCUT2D eigenvalue weighted by atomic mass is 14.9. The zero-order valence-electron chi connectivity index (χ0n) is 10.2. The molecule has 1 unspecified atom stereocenters. The summed E-state index contributed by atoms with van der Waals surface area (Å²) in [5.74, 6) is 0.906. The van der Waals surface area contributed by atoms with Crippen LogP contribution >= 0.6 is 0 Å². The second-order valence-electron chi connectivity index (χ2n) is 5.04. The van der Waals surface area contributed by atoms with E-state index in [0.717, 1.165) is 18.0 Å². The van der Waals surface area contributed by atoms with Crippen molar-refractivity contribution in [2.75, 3.05) is 0 Å². The zero-order chi connectivity index (χ0) is 11.7. The smallest absolute Gasteiger partial charge is 0.0702 e. The van der Waals surface area contributed by atoms with Gasteiger partial charge in [0, 0.05) is 24.2 Å². The molecule has 1 fully saturated rings. The summed E-state index contributed by atoms with van der Waals surface area (Å²) in [5.41, 5.74) is 2.35. The number of benzene rings is 1. The van der Waals surface area contributed by atoms with Crippen LogP contribution in [-0.4, -0.2) is 11.0 Å². The summed E-state index contributed by atoms with van der Waals surface area (Å²) in [6, 6.07) is 11.1. The Balaban J connectivity index is 1.71. The van der Waals surface area contributed by atoms with Crippen molar-refractivity contribution in [1.29, 1.82) is 0 Å². The number of nitrogens with zero attached hydrogens (tertiary/aromatic N) is 1. The maximum absolute atomic E-state index is 4.48. The number of pyridine rings is 1. The van der Waals surface area contributed by atoms with E-state index in [0.29, 0.717) is 6.04 Å². The molecule has 0 saturated heterocycles. The number of fused-ring (bicyclic) bond motifs is 1. The minimum absolute atomic E-state index is 0.640. The second-order valence-corrected chi connectivity index (χ2v) is 5.04. The standard InChI is InChI=1S/C15H18N2/c1-11(13-6-7-13)16-9-12-8-14-4-2-3-5-15(14)17-10-12/h2-5,8,10-11,13,16H,6-7,9H2,1H3. The molecule has 1 aliphatic rings. The van der Waals surface area contributed by atoms with Gasteiger partial charge in [-0.25, -0.2) is 0 Å². The van der Waals surface area contributed by atoms with Gasteiger partial charge in [-0.3, -0.25) is 4.98 Å². The van der Waals surface area contributed by atoms with E-state index < -0.39 is 0 Å². The molecule has 1 atom stereocenters. The summed E-state index contributed by atoms with van der Waals surface area (Å²) >= 11 is 0. The van der Waals surface area contributed by atoms with Crippen LogP contribution in [0.1, 0.15) is 25.3 Å². The maximum atomic E-state index is 4.48. The molecule has 0 radical (unpaired) electrons. The fourth-order valence-corrected chi connectivity index (χ4v) is 2.26. The summed E-state index contributed by atoms with van der Waals surface area (Å²) in [4.78, 5) is 4.48. The van der Waals surface area contributed by atoms with Crippen LogP contribution in [0.25, 0.3) is 10.9 Å². The third-order valence-corrected chi connectivity index (χ3v) is 3.60. The number of aromatic nitrogens is 1. The molecular weight excluding hydrogens is 208 g/mol. The fraction of sp³-hybridized carbons (Fsp3) is 0.400. The third-order valence-electron chi connectivity index (χ3n) is 3.60. The van der Waals surface area contributed by atoms with E-state index in [1.165, 1.54) is 23.8 Å². The van der Waals surface area contributed by atoms with Gasteiger partial charge in [0.1, 0.15) is 0 Å². The van der Waals surface area contributed by atoms with E-state index in [9.17, 15) is 0 Å². The van der Waals surface area contributed by atoms with Gasteiger partial charge in [-0.1, -0.05) is 18.2 Å². The van der Waals surface area contributed by atoms with Crippen molar-refractivity contribution in [2.45, 2.75) is 32.4 Å². The molecule has 1 N–H and O–H groups in total. The molecule has 0 spiro atoms. The fourth-order valence-electron chi connectivity index (χ4n) is 2.26. The third kappa shape index (κ3) is 2.47. The molecule has 1 aromatic heterocycles. The van der Waals surface area contributed by atoms with Gasteiger partial charge in [-0.15, -0.1) is 0 Å².